The van der Waals surface area contributed by atoms with E-state index in [0.717, 1.165) is 28.9 Å². The third-order valence-electron chi connectivity index (χ3n) is 4.65. The van der Waals surface area contributed by atoms with Crippen molar-refractivity contribution in [2.24, 2.45) is 0 Å². The van der Waals surface area contributed by atoms with Crippen molar-refractivity contribution in [3.8, 4) is 22.6 Å². The summed E-state index contributed by atoms with van der Waals surface area (Å²) in [5, 5.41) is 9.11. The first kappa shape index (κ1) is 21.4. The topological polar surface area (TPSA) is 65.0 Å². The molecule has 0 heterocycles. The molecule has 0 aliphatic rings. The first-order chi connectivity index (χ1) is 14.7. The van der Waals surface area contributed by atoms with Crippen molar-refractivity contribution < 1.29 is 24.1 Å². The highest BCUT2D eigenvalue weighted by Gasteiger charge is 2.16. The Bertz CT molecular complexity index is 939. The summed E-state index contributed by atoms with van der Waals surface area (Å²) in [5.74, 6) is 0.564. The van der Waals surface area contributed by atoms with Gasteiger partial charge in [-0.3, -0.25) is 0 Å². The number of hydrogen-bond donors (Lipinski definition) is 1. The van der Waals surface area contributed by atoms with Crippen molar-refractivity contribution in [1.29, 1.82) is 0 Å². The molecular weight excluding hydrogens is 380 g/mol. The summed E-state index contributed by atoms with van der Waals surface area (Å²) in [6, 6.07) is 25.7. The molecule has 5 nitrogen and oxygen atoms in total. The summed E-state index contributed by atoms with van der Waals surface area (Å²) in [6.07, 6.45) is 0.166. The minimum absolute atomic E-state index is 0.296. The predicted molar refractivity (Wildman–Crippen MR) is 116 cm³/mol. The summed E-state index contributed by atoms with van der Waals surface area (Å²) in [4.78, 5) is 11.1. The second-order valence-corrected chi connectivity index (χ2v) is 6.86. The van der Waals surface area contributed by atoms with Crippen LogP contribution in [0.1, 0.15) is 12.0 Å². The fourth-order valence-electron chi connectivity index (χ4n) is 3.08. The fourth-order valence-corrected chi connectivity index (χ4v) is 3.08. The van der Waals surface area contributed by atoms with Crippen LogP contribution in [0.15, 0.2) is 78.9 Å². The van der Waals surface area contributed by atoms with Gasteiger partial charge in [-0.05, 0) is 41.0 Å². The van der Waals surface area contributed by atoms with Crippen LogP contribution in [0.25, 0.3) is 11.1 Å². The molecule has 0 aromatic heterocycles. The van der Waals surface area contributed by atoms with Crippen LogP contribution in [0.5, 0.6) is 11.5 Å². The van der Waals surface area contributed by atoms with Gasteiger partial charge in [-0.1, -0.05) is 54.6 Å². The van der Waals surface area contributed by atoms with Gasteiger partial charge in [0.05, 0.1) is 13.2 Å². The van der Waals surface area contributed by atoms with E-state index in [9.17, 15) is 4.79 Å². The number of rotatable bonds is 11. The van der Waals surface area contributed by atoms with E-state index in [1.807, 2.05) is 60.7 Å². The predicted octanol–water partition coefficient (Wildman–Crippen LogP) is 4.84. The Labute approximate surface area is 176 Å². The van der Waals surface area contributed by atoms with Crippen LogP contribution < -0.4 is 9.47 Å². The number of carbonyl (C=O) groups is 1. The monoisotopic (exact) mass is 406 g/mol. The van der Waals surface area contributed by atoms with Gasteiger partial charge in [-0.15, -0.1) is 0 Å². The maximum absolute atomic E-state index is 11.1. The molecule has 0 spiro atoms. The second-order valence-electron chi connectivity index (χ2n) is 6.86. The average Bonchev–Trinajstić information content (AvgIpc) is 2.78. The third-order valence-corrected chi connectivity index (χ3v) is 4.65. The smallest absolute Gasteiger partial charge is 0.333 e. The van der Waals surface area contributed by atoms with E-state index in [1.165, 1.54) is 7.11 Å². The zero-order valence-corrected chi connectivity index (χ0v) is 17.0. The zero-order chi connectivity index (χ0) is 21.2. The van der Waals surface area contributed by atoms with Gasteiger partial charge < -0.3 is 19.3 Å². The quantitative estimate of drug-likeness (QED) is 0.462. The number of methoxy groups -OCH3 is 1. The van der Waals surface area contributed by atoms with Crippen LogP contribution in [0, 0.1) is 0 Å². The molecule has 0 saturated heterocycles. The highest BCUT2D eigenvalue weighted by molar-refractivity contribution is 5.72. The highest BCUT2D eigenvalue weighted by Crippen LogP contribution is 2.23. The van der Waals surface area contributed by atoms with Crippen molar-refractivity contribution in [1.82, 2.24) is 0 Å². The first-order valence-corrected chi connectivity index (χ1v) is 9.91. The molecule has 0 aliphatic heterocycles. The highest BCUT2D eigenvalue weighted by atomic mass is 16.5. The molecule has 3 aromatic rings. The van der Waals surface area contributed by atoms with E-state index in [-0.39, 0.29) is 0 Å². The standard InChI is InChI=1S/C25H26O5/c1-28-24(25(26)27)17-19-8-5-12-22(16-19)29-14-7-15-30-23-13-6-11-21(18-23)20-9-3-2-4-10-20/h2-6,8-13,16,18,24H,7,14-15,17H2,1H3,(H,26,27). The van der Waals surface area contributed by atoms with Crippen LogP contribution in [0.2, 0.25) is 0 Å². The van der Waals surface area contributed by atoms with Crippen molar-refractivity contribution in [3.05, 3.63) is 84.4 Å². The maximum Gasteiger partial charge on any atom is 0.333 e. The van der Waals surface area contributed by atoms with Gasteiger partial charge >= 0.3 is 5.97 Å². The summed E-state index contributed by atoms with van der Waals surface area (Å²) in [7, 11) is 1.40. The Morgan fingerprint density at radius 3 is 2.13 bits per heavy atom. The van der Waals surface area contributed by atoms with E-state index >= 15 is 0 Å². The van der Waals surface area contributed by atoms with E-state index in [4.69, 9.17) is 19.3 Å². The Hall–Kier alpha value is -3.31. The molecule has 0 aliphatic carbocycles. The number of ether oxygens (including phenoxy) is 3. The molecule has 30 heavy (non-hydrogen) atoms. The summed E-state index contributed by atoms with van der Waals surface area (Å²) < 4.78 is 16.6. The van der Waals surface area contributed by atoms with Crippen LogP contribution in [-0.2, 0) is 16.0 Å². The Morgan fingerprint density at radius 2 is 1.47 bits per heavy atom. The zero-order valence-electron chi connectivity index (χ0n) is 17.0. The molecule has 1 atom stereocenters. The molecule has 0 radical (unpaired) electrons. The Morgan fingerprint density at radius 1 is 0.833 bits per heavy atom. The number of hydrogen-bond acceptors (Lipinski definition) is 4. The van der Waals surface area contributed by atoms with Crippen LogP contribution in [0.3, 0.4) is 0 Å². The number of carboxylic acids is 1. The molecule has 0 fully saturated rings. The van der Waals surface area contributed by atoms with Crippen molar-refractivity contribution in [2.75, 3.05) is 20.3 Å². The SMILES string of the molecule is COC(Cc1cccc(OCCCOc2cccc(-c3ccccc3)c2)c1)C(=O)O. The molecule has 3 aromatic carbocycles. The molecule has 156 valence electrons. The van der Waals surface area contributed by atoms with E-state index in [0.29, 0.717) is 25.4 Å². The lowest BCUT2D eigenvalue weighted by Gasteiger charge is -2.12. The van der Waals surface area contributed by atoms with Gasteiger partial charge in [-0.2, -0.15) is 0 Å². The van der Waals surface area contributed by atoms with Crippen molar-refractivity contribution in [2.45, 2.75) is 18.9 Å². The van der Waals surface area contributed by atoms with Crippen molar-refractivity contribution in [3.63, 3.8) is 0 Å². The van der Waals surface area contributed by atoms with Gasteiger partial charge in [-0.25, -0.2) is 4.79 Å². The molecule has 5 heteroatoms. The van der Waals surface area contributed by atoms with Crippen molar-refractivity contribution >= 4 is 5.97 Å². The van der Waals surface area contributed by atoms with Gasteiger partial charge in [0.15, 0.2) is 6.10 Å². The van der Waals surface area contributed by atoms with Gasteiger partial charge in [0, 0.05) is 20.0 Å². The lowest BCUT2D eigenvalue weighted by atomic mass is 10.1. The lowest BCUT2D eigenvalue weighted by molar-refractivity contribution is -0.148. The molecule has 1 unspecified atom stereocenters. The Kier molecular flexibility index (Phi) is 7.86. The second kappa shape index (κ2) is 11.0. The Balaban J connectivity index is 1.45. The third kappa shape index (κ3) is 6.36. The number of aliphatic carboxylic acids is 1. The summed E-state index contributed by atoms with van der Waals surface area (Å²) in [5.41, 5.74) is 3.14. The lowest BCUT2D eigenvalue weighted by Crippen LogP contribution is -2.24. The van der Waals surface area contributed by atoms with E-state index in [1.54, 1.807) is 0 Å². The fraction of sp³-hybridized carbons (Fsp3) is 0.240. The van der Waals surface area contributed by atoms with Gasteiger partial charge in [0.1, 0.15) is 11.5 Å². The maximum atomic E-state index is 11.1. The van der Waals surface area contributed by atoms with Crippen LogP contribution in [0.4, 0.5) is 0 Å². The first-order valence-electron chi connectivity index (χ1n) is 9.91. The molecule has 0 bridgehead atoms. The van der Waals surface area contributed by atoms with Crippen LogP contribution in [-0.4, -0.2) is 37.5 Å². The summed E-state index contributed by atoms with van der Waals surface area (Å²) in [6.45, 7) is 1.05. The van der Waals surface area contributed by atoms with E-state index < -0.39 is 12.1 Å². The van der Waals surface area contributed by atoms with E-state index in [2.05, 4.69) is 18.2 Å². The number of carboxylic acid groups (broad SMARTS) is 1. The molecule has 3 rings (SSSR count). The van der Waals surface area contributed by atoms with Gasteiger partial charge in [0.25, 0.3) is 0 Å². The molecular formula is C25H26O5. The number of benzene rings is 3. The van der Waals surface area contributed by atoms with Crippen LogP contribution >= 0.6 is 0 Å². The normalized spacial score (nSPS) is 11.6. The molecule has 0 amide bonds. The minimum Gasteiger partial charge on any atom is -0.493 e. The average molecular weight is 406 g/mol. The summed E-state index contributed by atoms with van der Waals surface area (Å²) >= 11 is 0. The molecule has 0 saturated carbocycles. The minimum atomic E-state index is -0.975. The van der Waals surface area contributed by atoms with Gasteiger partial charge in [0.2, 0.25) is 0 Å². The molecule has 1 N–H and O–H groups in total. The largest absolute Gasteiger partial charge is 0.493 e.